The molecule has 1 atom stereocenters. The average molecular weight is 226 g/mol. The summed E-state index contributed by atoms with van der Waals surface area (Å²) >= 11 is 0. The smallest absolute Gasteiger partial charge is 0.381 e. The van der Waals surface area contributed by atoms with Crippen molar-refractivity contribution in [2.75, 3.05) is 13.2 Å². The van der Waals surface area contributed by atoms with Gasteiger partial charge in [-0.25, -0.2) is 0 Å². The minimum Gasteiger partial charge on any atom is -0.381 e. The molecule has 0 aliphatic carbocycles. The summed E-state index contributed by atoms with van der Waals surface area (Å²) in [7, 11) is 0. The van der Waals surface area contributed by atoms with Gasteiger partial charge in [0, 0.05) is 19.3 Å². The molecule has 0 aromatic rings. The van der Waals surface area contributed by atoms with Crippen molar-refractivity contribution in [2.24, 2.45) is 11.8 Å². The number of hydrazine groups is 1. The second kappa shape index (κ2) is 5.67. The maximum atomic E-state index is 12.1. The van der Waals surface area contributed by atoms with Crippen LogP contribution in [0.2, 0.25) is 0 Å². The Morgan fingerprint density at radius 3 is 2.40 bits per heavy atom. The first-order valence-corrected chi connectivity index (χ1v) is 5.12. The van der Waals surface area contributed by atoms with Crippen molar-refractivity contribution >= 4 is 0 Å². The molecule has 1 aliphatic rings. The highest BCUT2D eigenvalue weighted by Gasteiger charge is 2.32. The molecule has 0 amide bonds. The lowest BCUT2D eigenvalue weighted by atomic mass is 9.91. The number of ether oxygens (including phenoxy) is 1. The first kappa shape index (κ1) is 12.7. The zero-order valence-electron chi connectivity index (χ0n) is 8.52. The number of halogens is 3. The largest absolute Gasteiger partial charge is 0.390 e. The second-order valence-corrected chi connectivity index (χ2v) is 3.97. The van der Waals surface area contributed by atoms with Crippen molar-refractivity contribution in [3.8, 4) is 0 Å². The lowest BCUT2D eigenvalue weighted by Crippen LogP contribution is -2.40. The van der Waals surface area contributed by atoms with Gasteiger partial charge in [0.1, 0.15) is 0 Å². The molecule has 0 saturated carbocycles. The Bertz CT molecular complexity index is 181. The Morgan fingerprint density at radius 2 is 1.93 bits per heavy atom. The summed E-state index contributed by atoms with van der Waals surface area (Å²) in [4.78, 5) is 0. The van der Waals surface area contributed by atoms with Crippen LogP contribution in [-0.2, 0) is 4.74 Å². The third-order valence-electron chi connectivity index (χ3n) is 2.67. The molecular weight excluding hydrogens is 209 g/mol. The Balaban J connectivity index is 2.31. The van der Waals surface area contributed by atoms with Gasteiger partial charge in [-0.1, -0.05) is 0 Å². The third-order valence-corrected chi connectivity index (χ3v) is 2.67. The van der Waals surface area contributed by atoms with Crippen LogP contribution in [0.15, 0.2) is 0 Å². The maximum Gasteiger partial charge on any atom is 0.390 e. The number of hydrogen-bond acceptors (Lipinski definition) is 3. The Kier molecular flexibility index (Phi) is 4.82. The van der Waals surface area contributed by atoms with E-state index in [4.69, 9.17) is 10.6 Å². The lowest BCUT2D eigenvalue weighted by Gasteiger charge is -2.26. The number of alkyl halides is 3. The van der Waals surface area contributed by atoms with E-state index < -0.39 is 18.6 Å². The van der Waals surface area contributed by atoms with E-state index in [0.717, 1.165) is 12.8 Å². The summed E-state index contributed by atoms with van der Waals surface area (Å²) in [5, 5.41) is 0. The van der Waals surface area contributed by atoms with Gasteiger partial charge in [-0.2, -0.15) is 13.2 Å². The van der Waals surface area contributed by atoms with Crippen molar-refractivity contribution in [2.45, 2.75) is 37.9 Å². The molecule has 0 aromatic heterocycles. The third kappa shape index (κ3) is 5.34. The van der Waals surface area contributed by atoms with Crippen LogP contribution in [0.25, 0.3) is 0 Å². The van der Waals surface area contributed by atoms with Crippen LogP contribution in [0.3, 0.4) is 0 Å². The molecule has 90 valence electrons. The molecule has 1 rings (SSSR count). The van der Waals surface area contributed by atoms with E-state index in [1.165, 1.54) is 0 Å². The molecule has 3 N–H and O–H groups in total. The number of hydrogen-bond donors (Lipinski definition) is 2. The van der Waals surface area contributed by atoms with E-state index in [1.54, 1.807) is 0 Å². The quantitative estimate of drug-likeness (QED) is 0.565. The van der Waals surface area contributed by atoms with Crippen molar-refractivity contribution in [3.63, 3.8) is 0 Å². The number of nitrogens with one attached hydrogen (secondary N) is 1. The molecule has 3 nitrogen and oxygen atoms in total. The molecule has 1 saturated heterocycles. The van der Waals surface area contributed by atoms with Crippen LogP contribution < -0.4 is 11.3 Å². The Morgan fingerprint density at radius 1 is 1.33 bits per heavy atom. The number of rotatable bonds is 4. The summed E-state index contributed by atoms with van der Waals surface area (Å²) in [6, 6.07) is -0.673. The molecule has 0 radical (unpaired) electrons. The molecule has 6 heteroatoms. The van der Waals surface area contributed by atoms with Gasteiger partial charge in [0.2, 0.25) is 0 Å². The fourth-order valence-electron chi connectivity index (χ4n) is 1.87. The molecule has 1 unspecified atom stereocenters. The SMILES string of the molecule is NNC(CC1CCOCC1)CC(F)(F)F. The molecule has 0 spiro atoms. The lowest BCUT2D eigenvalue weighted by molar-refractivity contribution is -0.141. The van der Waals surface area contributed by atoms with E-state index in [0.29, 0.717) is 25.6 Å². The van der Waals surface area contributed by atoms with Gasteiger partial charge in [-0.3, -0.25) is 11.3 Å². The van der Waals surface area contributed by atoms with E-state index in [2.05, 4.69) is 5.43 Å². The van der Waals surface area contributed by atoms with Gasteiger partial charge in [-0.05, 0) is 25.2 Å². The predicted octanol–water partition coefficient (Wildman–Crippen LogP) is 1.59. The van der Waals surface area contributed by atoms with E-state index in [-0.39, 0.29) is 0 Å². The maximum absolute atomic E-state index is 12.1. The standard InChI is InChI=1S/C9H17F3N2O/c10-9(11,12)6-8(14-13)5-7-1-3-15-4-2-7/h7-8,14H,1-6,13H2. The van der Waals surface area contributed by atoms with Crippen molar-refractivity contribution in [3.05, 3.63) is 0 Å². The van der Waals surface area contributed by atoms with Crippen molar-refractivity contribution < 1.29 is 17.9 Å². The van der Waals surface area contributed by atoms with Gasteiger partial charge >= 0.3 is 6.18 Å². The van der Waals surface area contributed by atoms with Crippen LogP contribution in [0, 0.1) is 5.92 Å². The van der Waals surface area contributed by atoms with Gasteiger partial charge in [0.05, 0.1) is 6.42 Å². The molecule has 1 heterocycles. The first-order valence-electron chi connectivity index (χ1n) is 5.12. The van der Waals surface area contributed by atoms with Crippen LogP contribution in [0.1, 0.15) is 25.7 Å². The van der Waals surface area contributed by atoms with Crippen molar-refractivity contribution in [1.29, 1.82) is 0 Å². The zero-order chi connectivity index (χ0) is 11.3. The Hall–Kier alpha value is -0.330. The number of nitrogens with two attached hydrogens (primary N) is 1. The highest BCUT2D eigenvalue weighted by molar-refractivity contribution is 4.74. The molecule has 1 aliphatic heterocycles. The highest BCUT2D eigenvalue weighted by atomic mass is 19.4. The van der Waals surface area contributed by atoms with Gasteiger partial charge < -0.3 is 4.74 Å². The van der Waals surface area contributed by atoms with Gasteiger partial charge in [0.15, 0.2) is 0 Å². The molecule has 0 bridgehead atoms. The summed E-state index contributed by atoms with van der Waals surface area (Å²) in [5.74, 6) is 5.41. The normalized spacial score (nSPS) is 21.6. The van der Waals surface area contributed by atoms with Crippen molar-refractivity contribution in [1.82, 2.24) is 5.43 Å². The molecule has 1 fully saturated rings. The fraction of sp³-hybridized carbons (Fsp3) is 1.00. The summed E-state index contributed by atoms with van der Waals surface area (Å²) in [5.41, 5.74) is 2.25. The summed E-state index contributed by atoms with van der Waals surface area (Å²) in [6.45, 7) is 1.29. The molecular formula is C9H17F3N2O. The van der Waals surface area contributed by atoms with Gasteiger partial charge in [0.25, 0.3) is 0 Å². The van der Waals surface area contributed by atoms with Gasteiger partial charge in [-0.15, -0.1) is 0 Å². The Labute approximate surface area is 87.1 Å². The second-order valence-electron chi connectivity index (χ2n) is 3.97. The van der Waals surface area contributed by atoms with E-state index in [1.807, 2.05) is 0 Å². The van der Waals surface area contributed by atoms with E-state index >= 15 is 0 Å². The average Bonchev–Trinajstić information content (AvgIpc) is 2.16. The molecule has 0 aromatic carbocycles. The first-order chi connectivity index (χ1) is 7.01. The summed E-state index contributed by atoms with van der Waals surface area (Å²) in [6.07, 6.45) is -2.88. The summed E-state index contributed by atoms with van der Waals surface area (Å²) < 4.78 is 41.5. The van der Waals surface area contributed by atoms with Crippen LogP contribution in [0.4, 0.5) is 13.2 Å². The minimum atomic E-state index is -4.15. The van der Waals surface area contributed by atoms with Crippen LogP contribution in [-0.4, -0.2) is 25.4 Å². The topological polar surface area (TPSA) is 47.3 Å². The van der Waals surface area contributed by atoms with Crippen LogP contribution >= 0.6 is 0 Å². The predicted molar refractivity (Wildman–Crippen MR) is 49.9 cm³/mol. The van der Waals surface area contributed by atoms with Crippen LogP contribution in [0.5, 0.6) is 0 Å². The monoisotopic (exact) mass is 226 g/mol. The van der Waals surface area contributed by atoms with E-state index in [9.17, 15) is 13.2 Å². The fourth-order valence-corrected chi connectivity index (χ4v) is 1.87. The molecule has 15 heavy (non-hydrogen) atoms. The zero-order valence-corrected chi connectivity index (χ0v) is 8.52. The minimum absolute atomic E-state index is 0.294. The highest BCUT2D eigenvalue weighted by Crippen LogP contribution is 2.27.